The van der Waals surface area contributed by atoms with E-state index in [0.717, 1.165) is 11.1 Å². The van der Waals surface area contributed by atoms with Crippen molar-refractivity contribution in [1.29, 1.82) is 0 Å². The topological polar surface area (TPSA) is 21.6 Å². The minimum atomic E-state index is 0.455. The molecule has 0 bridgehead atoms. The smallest absolute Gasteiger partial charge is 0.135 e. The van der Waals surface area contributed by atoms with Gasteiger partial charge in [0.25, 0.3) is 0 Å². The molecule has 0 saturated heterocycles. The highest BCUT2D eigenvalue weighted by Crippen LogP contribution is 2.16. The van der Waals surface area contributed by atoms with Crippen LogP contribution >= 0.6 is 0 Å². The quantitative estimate of drug-likeness (QED) is 0.371. The van der Waals surface area contributed by atoms with Gasteiger partial charge in [0.2, 0.25) is 0 Å². The van der Waals surface area contributed by atoms with E-state index in [1.165, 1.54) is 10.8 Å². The highest BCUT2D eigenvalue weighted by atomic mass is 16.6. The predicted molar refractivity (Wildman–Crippen MR) is 93.0 cm³/mol. The summed E-state index contributed by atoms with van der Waals surface area (Å²) in [7, 11) is 0. The normalized spacial score (nSPS) is 11.5. The molecule has 108 valence electrons. The largest absolute Gasteiger partial charge is 0.392 e. The lowest BCUT2D eigenvalue weighted by Crippen LogP contribution is -1.85. The van der Waals surface area contributed by atoms with E-state index < -0.39 is 0 Å². The van der Waals surface area contributed by atoms with E-state index in [2.05, 4.69) is 47.6 Å². The van der Waals surface area contributed by atoms with Crippen molar-refractivity contribution in [3.63, 3.8) is 0 Å². The van der Waals surface area contributed by atoms with Gasteiger partial charge in [0.15, 0.2) is 0 Å². The molecule has 0 spiro atoms. The highest BCUT2D eigenvalue weighted by molar-refractivity contribution is 5.84. The molecule has 0 aromatic heterocycles. The molecule has 0 saturated carbocycles. The predicted octanol–water partition coefficient (Wildman–Crippen LogP) is 4.90. The summed E-state index contributed by atoms with van der Waals surface area (Å²) in [5.74, 6) is 0. The van der Waals surface area contributed by atoms with Crippen molar-refractivity contribution in [1.82, 2.24) is 0 Å². The summed E-state index contributed by atoms with van der Waals surface area (Å²) >= 11 is 0. The van der Waals surface area contributed by atoms with Crippen LogP contribution in [-0.4, -0.2) is 12.8 Å². The van der Waals surface area contributed by atoms with Gasteiger partial charge >= 0.3 is 0 Å². The standard InChI is InChI=1S/C20H17NO/c1-2-7-18(8-3-1)16-21-22-14-6-9-17-12-13-19-10-4-5-11-20(19)15-17/h1-13,15-16H,14H2/b9-6+,21-16+. The first-order chi connectivity index (χ1) is 10.9. The molecule has 3 aromatic rings. The van der Waals surface area contributed by atoms with Gasteiger partial charge in [-0.2, -0.15) is 0 Å². The van der Waals surface area contributed by atoms with Crippen LogP contribution in [0, 0.1) is 0 Å². The second kappa shape index (κ2) is 7.23. The Balaban J connectivity index is 1.54. The SMILES string of the molecule is C(=C\c1ccc2ccccc2c1)/CO/N=C/c1ccccc1. The third-order valence-corrected chi connectivity index (χ3v) is 3.33. The first-order valence-corrected chi connectivity index (χ1v) is 7.27. The number of hydrogen-bond donors (Lipinski definition) is 0. The molecule has 0 heterocycles. The molecule has 0 aliphatic heterocycles. The molecular formula is C20H17NO. The number of fused-ring (bicyclic) bond motifs is 1. The van der Waals surface area contributed by atoms with Gasteiger partial charge in [0.1, 0.15) is 6.61 Å². The Morgan fingerprint density at radius 2 is 1.55 bits per heavy atom. The van der Waals surface area contributed by atoms with Gasteiger partial charge in [-0.3, -0.25) is 0 Å². The van der Waals surface area contributed by atoms with Crippen molar-refractivity contribution in [3.05, 3.63) is 90.0 Å². The summed E-state index contributed by atoms with van der Waals surface area (Å²) in [4.78, 5) is 5.23. The van der Waals surface area contributed by atoms with E-state index >= 15 is 0 Å². The summed E-state index contributed by atoms with van der Waals surface area (Å²) in [5.41, 5.74) is 2.19. The van der Waals surface area contributed by atoms with Crippen LogP contribution in [0.3, 0.4) is 0 Å². The first-order valence-electron chi connectivity index (χ1n) is 7.27. The van der Waals surface area contributed by atoms with Gasteiger partial charge in [0.05, 0.1) is 6.21 Å². The van der Waals surface area contributed by atoms with Crippen molar-refractivity contribution in [2.75, 3.05) is 6.61 Å². The number of rotatable bonds is 5. The van der Waals surface area contributed by atoms with Crippen molar-refractivity contribution in [3.8, 4) is 0 Å². The second-order valence-electron chi connectivity index (χ2n) is 4.95. The summed E-state index contributed by atoms with van der Waals surface area (Å²) in [6.07, 6.45) is 5.72. The molecule has 0 unspecified atom stereocenters. The number of oxime groups is 1. The molecular weight excluding hydrogens is 270 g/mol. The Kier molecular flexibility index (Phi) is 4.63. The van der Waals surface area contributed by atoms with Gasteiger partial charge in [0, 0.05) is 0 Å². The fourth-order valence-electron chi connectivity index (χ4n) is 2.22. The molecule has 0 aliphatic carbocycles. The molecule has 0 radical (unpaired) electrons. The molecule has 0 amide bonds. The summed E-state index contributed by atoms with van der Waals surface area (Å²) in [6, 6.07) is 24.6. The molecule has 22 heavy (non-hydrogen) atoms. The fraction of sp³-hybridized carbons (Fsp3) is 0.0500. The molecule has 3 aromatic carbocycles. The summed E-state index contributed by atoms with van der Waals surface area (Å²) in [5, 5.41) is 6.44. The Labute approximate surface area is 130 Å². The van der Waals surface area contributed by atoms with Crippen LogP contribution in [0.25, 0.3) is 16.8 Å². The number of benzene rings is 3. The lowest BCUT2D eigenvalue weighted by Gasteiger charge is -1.99. The average Bonchev–Trinajstić information content (AvgIpc) is 2.59. The first kappa shape index (κ1) is 14.1. The molecule has 3 rings (SSSR count). The van der Waals surface area contributed by atoms with E-state index in [4.69, 9.17) is 4.84 Å². The maximum Gasteiger partial charge on any atom is 0.135 e. The Morgan fingerprint density at radius 1 is 0.773 bits per heavy atom. The molecule has 2 heteroatoms. The van der Waals surface area contributed by atoms with Gasteiger partial charge in [-0.15, -0.1) is 0 Å². The van der Waals surface area contributed by atoms with Gasteiger partial charge in [-0.25, -0.2) is 0 Å². The Morgan fingerprint density at radius 3 is 2.41 bits per heavy atom. The molecule has 0 N–H and O–H groups in total. The lowest BCUT2D eigenvalue weighted by atomic mass is 10.1. The molecule has 0 aliphatic rings. The van der Waals surface area contributed by atoms with E-state index in [1.54, 1.807) is 6.21 Å². The Bertz CT molecular complexity index is 791. The summed E-state index contributed by atoms with van der Waals surface area (Å²) < 4.78 is 0. The van der Waals surface area contributed by atoms with Crippen LogP contribution in [-0.2, 0) is 4.84 Å². The fourth-order valence-corrected chi connectivity index (χ4v) is 2.22. The van der Waals surface area contributed by atoms with E-state index in [9.17, 15) is 0 Å². The maximum atomic E-state index is 5.23. The van der Waals surface area contributed by atoms with Crippen LogP contribution in [0.5, 0.6) is 0 Å². The third-order valence-electron chi connectivity index (χ3n) is 3.33. The van der Waals surface area contributed by atoms with E-state index in [1.807, 2.05) is 42.5 Å². The molecule has 0 fully saturated rings. The number of nitrogens with zero attached hydrogens (tertiary/aromatic N) is 1. The van der Waals surface area contributed by atoms with E-state index in [-0.39, 0.29) is 0 Å². The van der Waals surface area contributed by atoms with Crippen LogP contribution < -0.4 is 0 Å². The van der Waals surface area contributed by atoms with Gasteiger partial charge in [-0.05, 0) is 34.0 Å². The molecule has 2 nitrogen and oxygen atoms in total. The second-order valence-corrected chi connectivity index (χ2v) is 4.95. The van der Waals surface area contributed by atoms with Crippen molar-refractivity contribution < 1.29 is 4.84 Å². The van der Waals surface area contributed by atoms with Gasteiger partial charge < -0.3 is 4.84 Å². The zero-order chi connectivity index (χ0) is 15.0. The maximum absolute atomic E-state index is 5.23. The average molecular weight is 287 g/mol. The minimum Gasteiger partial charge on any atom is -0.392 e. The van der Waals surface area contributed by atoms with Crippen LogP contribution in [0.2, 0.25) is 0 Å². The van der Waals surface area contributed by atoms with Crippen molar-refractivity contribution in [2.24, 2.45) is 5.16 Å². The number of hydrogen-bond acceptors (Lipinski definition) is 2. The monoisotopic (exact) mass is 287 g/mol. The Hall–Kier alpha value is -2.87. The van der Waals surface area contributed by atoms with E-state index in [0.29, 0.717) is 6.61 Å². The molecule has 0 atom stereocenters. The zero-order valence-electron chi connectivity index (χ0n) is 12.2. The van der Waals surface area contributed by atoms with Crippen molar-refractivity contribution in [2.45, 2.75) is 0 Å². The van der Waals surface area contributed by atoms with Crippen LogP contribution in [0.15, 0.2) is 84.0 Å². The highest BCUT2D eigenvalue weighted by Gasteiger charge is 1.92. The minimum absolute atomic E-state index is 0.455. The lowest BCUT2D eigenvalue weighted by molar-refractivity contribution is 0.177. The van der Waals surface area contributed by atoms with Crippen LogP contribution in [0.4, 0.5) is 0 Å². The van der Waals surface area contributed by atoms with Crippen LogP contribution in [0.1, 0.15) is 11.1 Å². The summed E-state index contributed by atoms with van der Waals surface area (Å²) in [6.45, 7) is 0.455. The van der Waals surface area contributed by atoms with Crippen molar-refractivity contribution >= 4 is 23.1 Å². The zero-order valence-corrected chi connectivity index (χ0v) is 12.2. The third kappa shape index (κ3) is 3.83. The van der Waals surface area contributed by atoms with Gasteiger partial charge in [-0.1, -0.05) is 78.0 Å².